The third kappa shape index (κ3) is 2.56. The predicted octanol–water partition coefficient (Wildman–Crippen LogP) is 4.11. The standard InChI is InChI=1S/C19H22O4/c1-12-15(20)13-8-7-9-14(18(21)22-3)16(13)23-17(12)19(2)10-5-4-6-11-19/h7-9H,4-6,10-11H2,1-3H3. The fourth-order valence-electron chi connectivity index (χ4n) is 3.72. The van der Waals surface area contributed by atoms with Gasteiger partial charge >= 0.3 is 5.97 Å². The lowest BCUT2D eigenvalue weighted by Crippen LogP contribution is -2.28. The van der Waals surface area contributed by atoms with Crippen molar-refractivity contribution in [2.24, 2.45) is 0 Å². The van der Waals surface area contributed by atoms with Crippen LogP contribution in [0.2, 0.25) is 0 Å². The maximum Gasteiger partial charge on any atom is 0.341 e. The molecule has 1 aromatic heterocycles. The molecule has 0 spiro atoms. The topological polar surface area (TPSA) is 56.5 Å². The van der Waals surface area contributed by atoms with E-state index in [4.69, 9.17) is 9.15 Å². The van der Waals surface area contributed by atoms with Crippen LogP contribution < -0.4 is 5.43 Å². The van der Waals surface area contributed by atoms with Gasteiger partial charge in [0.1, 0.15) is 11.3 Å². The van der Waals surface area contributed by atoms with E-state index in [1.165, 1.54) is 13.5 Å². The van der Waals surface area contributed by atoms with Crippen LogP contribution in [-0.2, 0) is 10.2 Å². The van der Waals surface area contributed by atoms with Gasteiger partial charge in [0.25, 0.3) is 0 Å². The first kappa shape index (κ1) is 15.8. The number of para-hydroxylation sites is 1. The zero-order valence-corrected chi connectivity index (χ0v) is 13.9. The average molecular weight is 314 g/mol. The number of ether oxygens (including phenoxy) is 1. The molecule has 1 saturated carbocycles. The van der Waals surface area contributed by atoms with Crippen molar-refractivity contribution >= 4 is 16.9 Å². The number of hydrogen-bond donors (Lipinski definition) is 0. The highest BCUT2D eigenvalue weighted by atomic mass is 16.5. The van der Waals surface area contributed by atoms with Crippen molar-refractivity contribution in [1.82, 2.24) is 0 Å². The van der Waals surface area contributed by atoms with E-state index in [0.717, 1.165) is 31.4 Å². The van der Waals surface area contributed by atoms with Crippen LogP contribution in [0.15, 0.2) is 27.4 Å². The second kappa shape index (κ2) is 5.84. The van der Waals surface area contributed by atoms with Crippen molar-refractivity contribution in [3.05, 3.63) is 45.3 Å². The van der Waals surface area contributed by atoms with Crippen LogP contribution in [0, 0.1) is 6.92 Å². The summed E-state index contributed by atoms with van der Waals surface area (Å²) in [7, 11) is 1.33. The van der Waals surface area contributed by atoms with Gasteiger partial charge in [-0.2, -0.15) is 0 Å². The molecular formula is C19H22O4. The Labute approximate surface area is 135 Å². The van der Waals surface area contributed by atoms with Crippen molar-refractivity contribution in [2.45, 2.75) is 51.4 Å². The van der Waals surface area contributed by atoms with Crippen molar-refractivity contribution < 1.29 is 13.9 Å². The normalized spacial score (nSPS) is 17.2. The minimum atomic E-state index is -0.484. The zero-order valence-electron chi connectivity index (χ0n) is 13.9. The summed E-state index contributed by atoms with van der Waals surface area (Å²) in [6.07, 6.45) is 5.50. The van der Waals surface area contributed by atoms with Gasteiger partial charge in [0, 0.05) is 11.0 Å². The average Bonchev–Trinajstić information content (AvgIpc) is 2.57. The Bertz CT molecular complexity index is 810. The number of esters is 1. The summed E-state index contributed by atoms with van der Waals surface area (Å²) < 4.78 is 11.0. The van der Waals surface area contributed by atoms with Gasteiger partial charge in [0.2, 0.25) is 0 Å². The Morgan fingerprint density at radius 3 is 2.57 bits per heavy atom. The van der Waals surface area contributed by atoms with Gasteiger partial charge in [-0.15, -0.1) is 0 Å². The van der Waals surface area contributed by atoms with E-state index in [0.29, 0.717) is 22.1 Å². The molecule has 4 nitrogen and oxygen atoms in total. The maximum atomic E-state index is 12.8. The molecule has 1 fully saturated rings. The van der Waals surface area contributed by atoms with Gasteiger partial charge < -0.3 is 9.15 Å². The van der Waals surface area contributed by atoms with E-state index in [2.05, 4.69) is 6.92 Å². The predicted molar refractivity (Wildman–Crippen MR) is 89.0 cm³/mol. The Kier molecular flexibility index (Phi) is 4.00. The monoisotopic (exact) mass is 314 g/mol. The minimum absolute atomic E-state index is 0.0567. The molecule has 4 heteroatoms. The smallest absolute Gasteiger partial charge is 0.341 e. The van der Waals surface area contributed by atoms with E-state index in [-0.39, 0.29) is 10.8 Å². The van der Waals surface area contributed by atoms with Gasteiger partial charge in [0.05, 0.1) is 12.5 Å². The number of fused-ring (bicyclic) bond motifs is 1. The van der Waals surface area contributed by atoms with Gasteiger partial charge in [-0.1, -0.05) is 32.3 Å². The molecule has 1 aliphatic rings. The molecule has 0 saturated heterocycles. The maximum absolute atomic E-state index is 12.8. The molecular weight excluding hydrogens is 292 g/mol. The lowest BCUT2D eigenvalue weighted by atomic mass is 9.72. The molecule has 0 radical (unpaired) electrons. The summed E-state index contributed by atoms with van der Waals surface area (Å²) >= 11 is 0. The van der Waals surface area contributed by atoms with E-state index < -0.39 is 5.97 Å². The molecule has 0 aliphatic heterocycles. The van der Waals surface area contributed by atoms with Crippen molar-refractivity contribution in [1.29, 1.82) is 0 Å². The summed E-state index contributed by atoms with van der Waals surface area (Å²) in [5.41, 5.74) is 1.11. The first-order chi connectivity index (χ1) is 11.0. The van der Waals surface area contributed by atoms with E-state index >= 15 is 0 Å². The number of carbonyl (C=O) groups excluding carboxylic acids is 1. The summed E-state index contributed by atoms with van der Waals surface area (Å²) in [5, 5.41) is 0.438. The summed E-state index contributed by atoms with van der Waals surface area (Å²) in [4.78, 5) is 24.8. The van der Waals surface area contributed by atoms with Crippen LogP contribution >= 0.6 is 0 Å². The second-order valence-corrected chi connectivity index (χ2v) is 6.68. The molecule has 0 amide bonds. The molecule has 1 aliphatic carbocycles. The first-order valence-electron chi connectivity index (χ1n) is 8.13. The number of carbonyl (C=O) groups is 1. The molecule has 0 N–H and O–H groups in total. The quantitative estimate of drug-likeness (QED) is 0.783. The van der Waals surface area contributed by atoms with Crippen LogP contribution in [0.5, 0.6) is 0 Å². The molecule has 1 heterocycles. The number of hydrogen-bond acceptors (Lipinski definition) is 4. The largest absolute Gasteiger partial charge is 0.465 e. The van der Waals surface area contributed by atoms with Gasteiger partial charge in [-0.3, -0.25) is 4.79 Å². The fraction of sp³-hybridized carbons (Fsp3) is 0.474. The highest BCUT2D eigenvalue weighted by Crippen LogP contribution is 2.40. The van der Waals surface area contributed by atoms with Crippen LogP contribution in [0.4, 0.5) is 0 Å². The van der Waals surface area contributed by atoms with Crippen LogP contribution in [0.3, 0.4) is 0 Å². The van der Waals surface area contributed by atoms with Crippen molar-refractivity contribution in [3.63, 3.8) is 0 Å². The molecule has 0 atom stereocenters. The van der Waals surface area contributed by atoms with Gasteiger partial charge in [-0.05, 0) is 31.9 Å². The van der Waals surface area contributed by atoms with Crippen molar-refractivity contribution in [2.75, 3.05) is 7.11 Å². The zero-order chi connectivity index (χ0) is 16.6. The summed E-state index contributed by atoms with van der Waals surface area (Å²) in [6.45, 7) is 3.98. The molecule has 0 unspecified atom stereocenters. The van der Waals surface area contributed by atoms with E-state index in [1.54, 1.807) is 18.2 Å². The molecule has 0 bridgehead atoms. The molecule has 23 heavy (non-hydrogen) atoms. The Morgan fingerprint density at radius 2 is 1.91 bits per heavy atom. The molecule has 122 valence electrons. The highest BCUT2D eigenvalue weighted by Gasteiger charge is 2.34. The van der Waals surface area contributed by atoms with Crippen LogP contribution in [0.25, 0.3) is 11.0 Å². The van der Waals surface area contributed by atoms with E-state index in [1.807, 2.05) is 6.92 Å². The minimum Gasteiger partial charge on any atom is -0.465 e. The number of methoxy groups -OCH3 is 1. The number of benzene rings is 1. The molecule has 1 aromatic carbocycles. The van der Waals surface area contributed by atoms with Crippen molar-refractivity contribution in [3.8, 4) is 0 Å². The third-order valence-corrected chi connectivity index (χ3v) is 5.06. The van der Waals surface area contributed by atoms with Crippen LogP contribution in [-0.4, -0.2) is 13.1 Å². The Hall–Kier alpha value is -2.10. The van der Waals surface area contributed by atoms with Gasteiger partial charge in [0.15, 0.2) is 11.0 Å². The summed E-state index contributed by atoms with van der Waals surface area (Å²) in [6, 6.07) is 5.03. The number of rotatable bonds is 2. The van der Waals surface area contributed by atoms with Crippen LogP contribution in [0.1, 0.15) is 60.7 Å². The fourth-order valence-corrected chi connectivity index (χ4v) is 3.72. The lowest BCUT2D eigenvalue weighted by molar-refractivity contribution is 0.0601. The van der Waals surface area contributed by atoms with E-state index in [9.17, 15) is 9.59 Å². The first-order valence-corrected chi connectivity index (χ1v) is 8.13. The SMILES string of the molecule is COC(=O)c1cccc2c(=O)c(C)c(C3(C)CCCCC3)oc12. The van der Waals surface area contributed by atoms with Gasteiger partial charge in [-0.25, -0.2) is 4.79 Å². The second-order valence-electron chi connectivity index (χ2n) is 6.68. The third-order valence-electron chi connectivity index (χ3n) is 5.06. The Morgan fingerprint density at radius 1 is 1.22 bits per heavy atom. The molecule has 3 rings (SSSR count). The summed E-state index contributed by atoms with van der Waals surface area (Å²) in [5.74, 6) is 0.244. The highest BCUT2D eigenvalue weighted by molar-refractivity contribution is 6.01. The molecule has 2 aromatic rings. The Balaban J connectivity index is 2.30. The lowest BCUT2D eigenvalue weighted by Gasteiger charge is -2.33.